The Morgan fingerprint density at radius 2 is 2.22 bits per heavy atom. The van der Waals surface area contributed by atoms with E-state index in [1.165, 1.54) is 0 Å². The van der Waals surface area contributed by atoms with Gasteiger partial charge in [0.2, 0.25) is 5.91 Å². The van der Waals surface area contributed by atoms with E-state index in [0.717, 1.165) is 61.8 Å². The van der Waals surface area contributed by atoms with Gasteiger partial charge >= 0.3 is 0 Å². The van der Waals surface area contributed by atoms with Gasteiger partial charge in [-0.15, -0.1) is 11.3 Å². The molecule has 122 valence electrons. The van der Waals surface area contributed by atoms with Crippen molar-refractivity contribution in [2.45, 2.75) is 32.7 Å². The van der Waals surface area contributed by atoms with Crippen LogP contribution in [0.2, 0.25) is 0 Å². The molecule has 2 aromatic heterocycles. The molecule has 2 aliphatic rings. The van der Waals surface area contributed by atoms with Crippen molar-refractivity contribution in [2.24, 2.45) is 5.41 Å². The van der Waals surface area contributed by atoms with Crippen LogP contribution in [0.15, 0.2) is 22.2 Å². The van der Waals surface area contributed by atoms with E-state index in [1.807, 2.05) is 17.2 Å². The van der Waals surface area contributed by atoms with Crippen molar-refractivity contribution in [3.05, 3.63) is 32.9 Å². The molecule has 1 spiro atoms. The molecule has 0 aliphatic carbocycles. The monoisotopic (exact) mass is 347 g/mol. The topological polar surface area (TPSA) is 36.4 Å². The molecule has 2 saturated heterocycles. The zero-order chi connectivity index (χ0) is 15.9. The van der Waals surface area contributed by atoms with Gasteiger partial charge in [0.1, 0.15) is 0 Å². The molecule has 1 amide bonds. The van der Waals surface area contributed by atoms with E-state index in [4.69, 9.17) is 0 Å². The highest BCUT2D eigenvalue weighted by Crippen LogP contribution is 2.42. The van der Waals surface area contributed by atoms with Gasteiger partial charge in [-0.1, -0.05) is 0 Å². The number of thiophene rings is 1. The number of thiazole rings is 1. The fraction of sp³-hybridized carbons (Fsp3) is 0.529. The van der Waals surface area contributed by atoms with Crippen LogP contribution in [0.25, 0.3) is 0 Å². The number of hydrogen-bond donors (Lipinski definition) is 0. The van der Waals surface area contributed by atoms with E-state index in [2.05, 4.69) is 26.7 Å². The van der Waals surface area contributed by atoms with E-state index in [-0.39, 0.29) is 5.41 Å². The molecule has 0 saturated carbocycles. The Bertz CT molecular complexity index is 697. The van der Waals surface area contributed by atoms with Crippen molar-refractivity contribution in [1.29, 1.82) is 0 Å². The van der Waals surface area contributed by atoms with Crippen molar-refractivity contribution >= 4 is 34.3 Å². The van der Waals surface area contributed by atoms with Crippen LogP contribution in [-0.4, -0.2) is 35.4 Å². The van der Waals surface area contributed by atoms with Gasteiger partial charge in [-0.2, -0.15) is 11.3 Å². The molecular formula is C17H21N3OS2. The standard InChI is InChI=1S/C17H21N3OS2/c1-13-18-14(10-23-13)9-19-6-2-4-17(12-19)5-7-20(16(17)21)15-3-8-22-11-15/h3,8,10-11H,2,4-7,9,12H2,1H3. The van der Waals surface area contributed by atoms with Gasteiger partial charge in [-0.05, 0) is 44.2 Å². The van der Waals surface area contributed by atoms with Gasteiger partial charge in [0, 0.05) is 30.4 Å². The third-order valence-corrected chi connectivity index (χ3v) is 6.53. The number of aryl methyl sites for hydroxylation is 1. The fourth-order valence-corrected chi connectivity index (χ4v) is 5.17. The van der Waals surface area contributed by atoms with Crippen LogP contribution in [0.5, 0.6) is 0 Å². The van der Waals surface area contributed by atoms with E-state index in [1.54, 1.807) is 22.7 Å². The SMILES string of the molecule is Cc1nc(CN2CCCC3(CCN(c4ccsc4)C3=O)C2)cs1. The van der Waals surface area contributed by atoms with Crippen LogP contribution in [-0.2, 0) is 11.3 Å². The number of amides is 1. The molecule has 2 aromatic rings. The first kappa shape index (κ1) is 15.3. The minimum Gasteiger partial charge on any atom is -0.311 e. The molecule has 2 fully saturated rings. The maximum Gasteiger partial charge on any atom is 0.234 e. The molecule has 0 aromatic carbocycles. The summed E-state index contributed by atoms with van der Waals surface area (Å²) >= 11 is 3.36. The number of anilines is 1. The summed E-state index contributed by atoms with van der Waals surface area (Å²) in [5, 5.41) is 7.39. The highest BCUT2D eigenvalue weighted by molar-refractivity contribution is 7.09. The molecular weight excluding hydrogens is 326 g/mol. The summed E-state index contributed by atoms with van der Waals surface area (Å²) in [7, 11) is 0. The summed E-state index contributed by atoms with van der Waals surface area (Å²) in [4.78, 5) is 22.1. The number of carbonyl (C=O) groups excluding carboxylic acids is 1. The predicted octanol–water partition coefficient (Wildman–Crippen LogP) is 3.53. The molecule has 0 bridgehead atoms. The van der Waals surface area contributed by atoms with Crippen molar-refractivity contribution < 1.29 is 4.79 Å². The number of likely N-dealkylation sites (tertiary alicyclic amines) is 1. The molecule has 6 heteroatoms. The van der Waals surface area contributed by atoms with Crippen molar-refractivity contribution in [3.8, 4) is 0 Å². The Balaban J connectivity index is 1.49. The second-order valence-corrected chi connectivity index (χ2v) is 8.48. The van der Waals surface area contributed by atoms with Crippen molar-refractivity contribution in [2.75, 3.05) is 24.5 Å². The average Bonchev–Trinajstić information content (AvgIpc) is 3.24. The third kappa shape index (κ3) is 2.84. The number of piperidine rings is 1. The van der Waals surface area contributed by atoms with E-state index < -0.39 is 0 Å². The van der Waals surface area contributed by atoms with Crippen molar-refractivity contribution in [3.63, 3.8) is 0 Å². The van der Waals surface area contributed by atoms with Gasteiger partial charge in [0.15, 0.2) is 0 Å². The van der Waals surface area contributed by atoms with Crippen molar-refractivity contribution in [1.82, 2.24) is 9.88 Å². The van der Waals surface area contributed by atoms with Gasteiger partial charge < -0.3 is 4.90 Å². The zero-order valence-corrected chi connectivity index (χ0v) is 15.0. The van der Waals surface area contributed by atoms with Gasteiger partial charge in [0.05, 0.1) is 21.8 Å². The third-order valence-electron chi connectivity index (χ3n) is 5.04. The molecule has 4 nitrogen and oxygen atoms in total. The van der Waals surface area contributed by atoms with E-state index in [9.17, 15) is 4.79 Å². The molecule has 4 heterocycles. The summed E-state index contributed by atoms with van der Waals surface area (Å²) in [6, 6.07) is 2.06. The van der Waals surface area contributed by atoms with Gasteiger partial charge in [-0.25, -0.2) is 4.98 Å². The summed E-state index contributed by atoms with van der Waals surface area (Å²) in [5.74, 6) is 0.329. The number of aromatic nitrogens is 1. The maximum atomic E-state index is 13.1. The molecule has 23 heavy (non-hydrogen) atoms. The maximum absolute atomic E-state index is 13.1. The first-order valence-electron chi connectivity index (χ1n) is 8.14. The second kappa shape index (κ2) is 6.00. The molecule has 1 atom stereocenters. The summed E-state index contributed by atoms with van der Waals surface area (Å²) in [6.45, 7) is 5.73. The molecule has 0 radical (unpaired) electrons. The summed E-state index contributed by atoms with van der Waals surface area (Å²) < 4.78 is 0. The Morgan fingerprint density at radius 1 is 1.30 bits per heavy atom. The Hall–Kier alpha value is -1.24. The van der Waals surface area contributed by atoms with Crippen LogP contribution in [0.1, 0.15) is 30.0 Å². The Kier molecular flexibility index (Phi) is 3.99. The molecule has 4 rings (SSSR count). The van der Waals surface area contributed by atoms with E-state index >= 15 is 0 Å². The van der Waals surface area contributed by atoms with Crippen LogP contribution < -0.4 is 4.90 Å². The van der Waals surface area contributed by atoms with E-state index in [0.29, 0.717) is 5.91 Å². The quantitative estimate of drug-likeness (QED) is 0.852. The van der Waals surface area contributed by atoms with Crippen LogP contribution >= 0.6 is 22.7 Å². The van der Waals surface area contributed by atoms with Gasteiger partial charge in [-0.3, -0.25) is 9.69 Å². The highest BCUT2D eigenvalue weighted by atomic mass is 32.1. The Morgan fingerprint density at radius 3 is 2.96 bits per heavy atom. The molecule has 1 unspecified atom stereocenters. The average molecular weight is 348 g/mol. The second-order valence-electron chi connectivity index (χ2n) is 6.64. The van der Waals surface area contributed by atoms with Gasteiger partial charge in [0.25, 0.3) is 0 Å². The first-order valence-corrected chi connectivity index (χ1v) is 9.96. The Labute approximate surface area is 144 Å². The zero-order valence-electron chi connectivity index (χ0n) is 13.3. The fourth-order valence-electron chi connectivity index (χ4n) is 3.93. The number of rotatable bonds is 3. The minimum atomic E-state index is -0.175. The largest absolute Gasteiger partial charge is 0.311 e. The lowest BCUT2D eigenvalue weighted by Crippen LogP contribution is -2.47. The first-order chi connectivity index (χ1) is 11.2. The summed E-state index contributed by atoms with van der Waals surface area (Å²) in [6.07, 6.45) is 3.11. The predicted molar refractivity (Wildman–Crippen MR) is 95.1 cm³/mol. The molecule has 0 N–H and O–H groups in total. The smallest absolute Gasteiger partial charge is 0.234 e. The number of hydrogen-bond acceptors (Lipinski definition) is 5. The number of carbonyl (C=O) groups is 1. The lowest BCUT2D eigenvalue weighted by molar-refractivity contribution is -0.128. The minimum absolute atomic E-state index is 0.175. The van der Waals surface area contributed by atoms with Crippen LogP contribution in [0.3, 0.4) is 0 Å². The summed E-state index contributed by atoms with van der Waals surface area (Å²) in [5.41, 5.74) is 2.04. The van der Waals surface area contributed by atoms with Crippen LogP contribution in [0, 0.1) is 12.3 Å². The van der Waals surface area contributed by atoms with Crippen LogP contribution in [0.4, 0.5) is 5.69 Å². The lowest BCUT2D eigenvalue weighted by Gasteiger charge is -2.38. The number of nitrogens with zero attached hydrogens (tertiary/aromatic N) is 3. The normalized spacial score (nSPS) is 25.6. The lowest BCUT2D eigenvalue weighted by atomic mass is 9.78. The highest BCUT2D eigenvalue weighted by Gasteiger charge is 2.49. The molecule has 2 aliphatic heterocycles.